The summed E-state index contributed by atoms with van der Waals surface area (Å²) in [6, 6.07) is 21.3. The van der Waals surface area contributed by atoms with E-state index in [4.69, 9.17) is 0 Å². The van der Waals surface area contributed by atoms with E-state index in [1.54, 1.807) is 23.0 Å². The monoisotopic (exact) mass is 485 g/mol. The number of nitrogens with zero attached hydrogens (tertiary/aromatic N) is 3. The Morgan fingerprint density at radius 1 is 1.03 bits per heavy atom. The molecule has 0 aliphatic heterocycles. The van der Waals surface area contributed by atoms with E-state index < -0.39 is 24.0 Å². The molecule has 2 aromatic carbocycles. The number of aromatic nitrogens is 3. The number of aliphatic hydroxyl groups is 1. The van der Waals surface area contributed by atoms with Gasteiger partial charge in [-0.3, -0.25) is 14.4 Å². The van der Waals surface area contributed by atoms with Crippen molar-refractivity contribution in [3.63, 3.8) is 0 Å². The Labute approximate surface area is 208 Å². The summed E-state index contributed by atoms with van der Waals surface area (Å²) in [5, 5.41) is 18.1. The van der Waals surface area contributed by atoms with Crippen molar-refractivity contribution in [3.05, 3.63) is 102 Å². The molecule has 2 amide bonds. The molecule has 4 aromatic rings. The predicted molar refractivity (Wildman–Crippen MR) is 134 cm³/mol. The number of hydrogen-bond acceptors (Lipinski definition) is 6. The van der Waals surface area contributed by atoms with Crippen LogP contribution >= 0.6 is 0 Å². The highest BCUT2D eigenvalue weighted by Crippen LogP contribution is 2.23. The van der Waals surface area contributed by atoms with E-state index in [0.29, 0.717) is 5.82 Å². The summed E-state index contributed by atoms with van der Waals surface area (Å²) in [6.07, 6.45) is 2.06. The normalized spacial score (nSPS) is 12.5. The van der Waals surface area contributed by atoms with Crippen molar-refractivity contribution in [2.24, 2.45) is 0 Å². The first kappa shape index (κ1) is 24.8. The van der Waals surface area contributed by atoms with Crippen molar-refractivity contribution in [2.75, 3.05) is 7.11 Å². The lowest BCUT2D eigenvalue weighted by Gasteiger charge is -2.24. The highest BCUT2D eigenvalue weighted by molar-refractivity contribution is 5.97. The summed E-state index contributed by atoms with van der Waals surface area (Å²) in [6.45, 7) is 1.94. The second-order valence-corrected chi connectivity index (χ2v) is 8.23. The Balaban J connectivity index is 1.63. The van der Waals surface area contributed by atoms with E-state index in [-0.39, 0.29) is 12.0 Å². The van der Waals surface area contributed by atoms with E-state index in [9.17, 15) is 14.7 Å². The van der Waals surface area contributed by atoms with Crippen LogP contribution in [0, 0.1) is 6.92 Å². The zero-order chi connectivity index (χ0) is 25.5. The minimum absolute atomic E-state index is 0.222. The molecule has 0 fully saturated rings. The summed E-state index contributed by atoms with van der Waals surface area (Å²) in [7, 11) is 1.27. The number of hydrogen-bond donors (Lipinski definition) is 3. The zero-order valence-corrected chi connectivity index (χ0v) is 20.0. The number of amides is 2. The van der Waals surface area contributed by atoms with Crippen LogP contribution < -0.4 is 10.8 Å². The van der Waals surface area contributed by atoms with Crippen LogP contribution in [0.15, 0.2) is 85.2 Å². The lowest BCUT2D eigenvalue weighted by Crippen LogP contribution is -2.51. The molecule has 4 rings (SSSR count). The largest absolute Gasteiger partial charge is 0.381 e. The van der Waals surface area contributed by atoms with E-state index in [1.165, 1.54) is 7.11 Å². The van der Waals surface area contributed by atoms with Gasteiger partial charge in [0.2, 0.25) is 0 Å². The number of pyridine rings is 1. The molecule has 3 N–H and O–H groups in total. The molecule has 2 heterocycles. The average molecular weight is 486 g/mol. The third-order valence-corrected chi connectivity index (χ3v) is 5.66. The van der Waals surface area contributed by atoms with Gasteiger partial charge in [0.1, 0.15) is 0 Å². The van der Waals surface area contributed by atoms with Crippen LogP contribution in [0.3, 0.4) is 0 Å². The summed E-state index contributed by atoms with van der Waals surface area (Å²) >= 11 is 0. The second-order valence-electron chi connectivity index (χ2n) is 8.23. The van der Waals surface area contributed by atoms with Gasteiger partial charge in [-0.25, -0.2) is 15.1 Å². The van der Waals surface area contributed by atoms with Crippen molar-refractivity contribution < 1.29 is 19.5 Å². The Bertz CT molecular complexity index is 1320. The molecular weight excluding hydrogens is 458 g/mol. The number of carbonyl (C=O) groups excluding carboxylic acids is 2. The van der Waals surface area contributed by atoms with Gasteiger partial charge in [0.25, 0.3) is 11.8 Å². The predicted octanol–water partition coefficient (Wildman–Crippen LogP) is 2.62. The fourth-order valence-electron chi connectivity index (χ4n) is 3.91. The van der Waals surface area contributed by atoms with Gasteiger partial charge in [-0.05, 0) is 36.6 Å². The average Bonchev–Trinajstić information content (AvgIpc) is 3.30. The quantitative estimate of drug-likeness (QED) is 0.314. The van der Waals surface area contributed by atoms with Crippen molar-refractivity contribution >= 4 is 11.8 Å². The number of rotatable bonds is 9. The number of carbonyl (C=O) groups is 2. The molecule has 0 aliphatic carbocycles. The van der Waals surface area contributed by atoms with Crippen LogP contribution in [0.5, 0.6) is 0 Å². The minimum atomic E-state index is -1.55. The van der Waals surface area contributed by atoms with Crippen LogP contribution in [0.4, 0.5) is 0 Å². The summed E-state index contributed by atoms with van der Waals surface area (Å²) in [5.41, 5.74) is 5.86. The molecule has 0 saturated carbocycles. The molecule has 0 saturated heterocycles. The fraction of sp³-hybridized carbons (Fsp3) is 0.185. The Kier molecular flexibility index (Phi) is 7.84. The van der Waals surface area contributed by atoms with Crippen LogP contribution in [-0.2, 0) is 16.1 Å². The maximum Gasteiger partial charge on any atom is 0.274 e. The highest BCUT2D eigenvalue weighted by Gasteiger charge is 2.29. The SMILES string of the molecule is CONC(=O)C(O)C(Cc1ccccc1)NC(=O)c1cccnc1-n1cc(C)c(-c2ccccc2)n1. The van der Waals surface area contributed by atoms with E-state index in [0.717, 1.165) is 22.4 Å². The molecular formula is C27H27N5O4. The standard InChI is InChI=1S/C27H27N5O4/c1-18-17-32(30-23(18)20-12-7-4-8-13-20)25-21(14-9-15-28-25)26(34)29-22(24(33)27(35)31-36-2)16-19-10-5-3-6-11-19/h3-15,17,22,24,33H,16H2,1-2H3,(H,29,34)(H,31,35). The summed E-state index contributed by atoms with van der Waals surface area (Å²) < 4.78 is 1.56. The molecule has 2 unspecified atom stereocenters. The van der Waals surface area contributed by atoms with Crippen LogP contribution in [0.2, 0.25) is 0 Å². The van der Waals surface area contributed by atoms with Gasteiger partial charge in [0.15, 0.2) is 11.9 Å². The maximum absolute atomic E-state index is 13.4. The second kappa shape index (κ2) is 11.4. The maximum atomic E-state index is 13.4. The Morgan fingerprint density at radius 2 is 1.72 bits per heavy atom. The number of aryl methyl sites for hydroxylation is 1. The van der Waals surface area contributed by atoms with Crippen LogP contribution in [0.25, 0.3) is 17.1 Å². The van der Waals surface area contributed by atoms with Gasteiger partial charge < -0.3 is 10.4 Å². The van der Waals surface area contributed by atoms with E-state index in [1.807, 2.05) is 73.8 Å². The first-order valence-corrected chi connectivity index (χ1v) is 11.4. The lowest BCUT2D eigenvalue weighted by atomic mass is 10.00. The third kappa shape index (κ3) is 5.65. The van der Waals surface area contributed by atoms with Crippen molar-refractivity contribution in [3.8, 4) is 17.1 Å². The molecule has 184 valence electrons. The van der Waals surface area contributed by atoms with Gasteiger partial charge in [-0.1, -0.05) is 60.7 Å². The number of aliphatic hydroxyl groups excluding tert-OH is 1. The smallest absolute Gasteiger partial charge is 0.274 e. The summed E-state index contributed by atoms with van der Waals surface area (Å²) in [5.74, 6) is -0.937. The minimum Gasteiger partial charge on any atom is -0.381 e. The first-order valence-electron chi connectivity index (χ1n) is 11.4. The molecule has 2 aromatic heterocycles. The van der Waals surface area contributed by atoms with Crippen molar-refractivity contribution in [1.82, 2.24) is 25.6 Å². The van der Waals surface area contributed by atoms with Gasteiger partial charge >= 0.3 is 0 Å². The van der Waals surface area contributed by atoms with Gasteiger partial charge in [0.05, 0.1) is 24.4 Å². The Morgan fingerprint density at radius 3 is 2.42 bits per heavy atom. The third-order valence-electron chi connectivity index (χ3n) is 5.66. The van der Waals surface area contributed by atoms with Crippen molar-refractivity contribution in [1.29, 1.82) is 0 Å². The van der Waals surface area contributed by atoms with Crippen LogP contribution in [-0.4, -0.2) is 50.9 Å². The summed E-state index contributed by atoms with van der Waals surface area (Å²) in [4.78, 5) is 34.8. The van der Waals surface area contributed by atoms with E-state index in [2.05, 4.69) is 25.7 Å². The zero-order valence-electron chi connectivity index (χ0n) is 20.0. The highest BCUT2D eigenvalue weighted by atomic mass is 16.6. The topological polar surface area (TPSA) is 118 Å². The fourth-order valence-corrected chi connectivity index (χ4v) is 3.91. The molecule has 0 spiro atoms. The number of hydroxylamine groups is 1. The van der Waals surface area contributed by atoms with Gasteiger partial charge in [-0.15, -0.1) is 0 Å². The molecule has 9 heteroatoms. The molecule has 9 nitrogen and oxygen atoms in total. The van der Waals surface area contributed by atoms with Crippen molar-refractivity contribution in [2.45, 2.75) is 25.5 Å². The first-order chi connectivity index (χ1) is 17.5. The molecule has 2 atom stereocenters. The van der Waals surface area contributed by atoms with Gasteiger partial charge in [0, 0.05) is 18.0 Å². The molecule has 0 radical (unpaired) electrons. The number of benzene rings is 2. The lowest BCUT2D eigenvalue weighted by molar-refractivity contribution is -0.141. The molecule has 36 heavy (non-hydrogen) atoms. The molecule has 0 aliphatic rings. The van der Waals surface area contributed by atoms with E-state index >= 15 is 0 Å². The molecule has 0 bridgehead atoms. The van der Waals surface area contributed by atoms with Gasteiger partial charge in [-0.2, -0.15) is 5.10 Å². The number of nitrogens with one attached hydrogen (secondary N) is 2. The Hall–Kier alpha value is -4.34. The van der Waals surface area contributed by atoms with Crippen LogP contribution in [0.1, 0.15) is 21.5 Å².